The number of hydrogen-bond acceptors (Lipinski definition) is 6. The molecule has 0 saturated carbocycles. The number of hydrogen-bond donors (Lipinski definition) is 3. The maximum Gasteiger partial charge on any atom is 0.405 e. The van der Waals surface area contributed by atoms with E-state index in [0.29, 0.717) is 11.1 Å². The zero-order chi connectivity index (χ0) is 26.4. The van der Waals surface area contributed by atoms with Crippen LogP contribution in [0.4, 0.5) is 17.6 Å². The van der Waals surface area contributed by atoms with Gasteiger partial charge >= 0.3 is 6.18 Å². The van der Waals surface area contributed by atoms with E-state index in [1.165, 1.54) is 44.4 Å². The molecule has 190 valence electrons. The number of ether oxygens (including phenoxy) is 1. The lowest BCUT2D eigenvalue weighted by molar-refractivity contribution is -0.149. The molecule has 0 radical (unpaired) electrons. The summed E-state index contributed by atoms with van der Waals surface area (Å²) in [4.78, 5) is 42.6. The van der Waals surface area contributed by atoms with Crippen LogP contribution in [0.2, 0.25) is 0 Å². The Morgan fingerprint density at radius 3 is 2.53 bits per heavy atom. The summed E-state index contributed by atoms with van der Waals surface area (Å²) in [6, 6.07) is 5.43. The number of nitrogens with one attached hydrogen (secondary N) is 2. The van der Waals surface area contributed by atoms with Gasteiger partial charge in [0.2, 0.25) is 5.60 Å². The van der Waals surface area contributed by atoms with Gasteiger partial charge in [-0.25, -0.2) is 4.39 Å². The van der Waals surface area contributed by atoms with Crippen molar-refractivity contribution in [3.8, 4) is 11.5 Å². The summed E-state index contributed by atoms with van der Waals surface area (Å²) in [7, 11) is 1.24. The number of amides is 2. The topological polar surface area (TPSA) is 123 Å². The number of alkyl halides is 3. The molecule has 3 heterocycles. The third kappa shape index (κ3) is 4.43. The Bertz CT molecular complexity index is 1440. The van der Waals surface area contributed by atoms with Crippen molar-refractivity contribution in [1.82, 2.24) is 20.2 Å². The average Bonchev–Trinajstić information content (AvgIpc) is 2.82. The molecule has 0 spiro atoms. The maximum atomic E-state index is 13.3. The number of rotatable bonds is 5. The lowest BCUT2D eigenvalue weighted by atomic mass is 9.98. The highest BCUT2D eigenvalue weighted by atomic mass is 19.4. The van der Waals surface area contributed by atoms with Crippen LogP contribution in [0.3, 0.4) is 0 Å². The fraction of sp³-hybridized carbons (Fsp3) is 0.304. The summed E-state index contributed by atoms with van der Waals surface area (Å²) in [5.74, 6) is -3.34. The molecule has 13 heteroatoms. The Balaban J connectivity index is 1.91. The minimum atomic E-state index is -4.69. The van der Waals surface area contributed by atoms with Gasteiger partial charge in [-0.05, 0) is 24.6 Å². The summed E-state index contributed by atoms with van der Waals surface area (Å²) >= 11 is 0. The lowest BCUT2D eigenvalue weighted by Gasteiger charge is -2.36. The van der Waals surface area contributed by atoms with Gasteiger partial charge in [-0.3, -0.25) is 23.9 Å². The fourth-order valence-electron chi connectivity index (χ4n) is 3.99. The average molecular weight is 508 g/mol. The Labute approximate surface area is 200 Å². The minimum absolute atomic E-state index is 0.0362. The van der Waals surface area contributed by atoms with Crippen LogP contribution in [-0.2, 0) is 17.8 Å². The molecular weight excluding hydrogens is 488 g/mol. The molecule has 1 aromatic carbocycles. The number of benzene rings is 1. The summed E-state index contributed by atoms with van der Waals surface area (Å²) < 4.78 is 58.5. The molecule has 3 aromatic rings. The Morgan fingerprint density at radius 2 is 1.92 bits per heavy atom. The molecule has 9 nitrogen and oxygen atoms in total. The van der Waals surface area contributed by atoms with Crippen LogP contribution >= 0.6 is 0 Å². The van der Waals surface area contributed by atoms with Gasteiger partial charge in [0.15, 0.2) is 11.5 Å². The zero-order valence-corrected chi connectivity index (χ0v) is 19.0. The van der Waals surface area contributed by atoms with E-state index in [9.17, 15) is 37.1 Å². The molecule has 0 saturated heterocycles. The molecule has 0 fully saturated rings. The third-order valence-electron chi connectivity index (χ3n) is 5.75. The second kappa shape index (κ2) is 8.81. The first-order valence-electron chi connectivity index (χ1n) is 10.6. The van der Waals surface area contributed by atoms with Crippen molar-refractivity contribution < 1.29 is 37.0 Å². The van der Waals surface area contributed by atoms with E-state index < -0.39 is 59.4 Å². The molecule has 1 aliphatic heterocycles. The van der Waals surface area contributed by atoms with Crippen LogP contribution in [0, 0.1) is 5.82 Å². The number of carbonyl (C=O) groups is 2. The zero-order valence-electron chi connectivity index (χ0n) is 19.0. The second-order valence-corrected chi connectivity index (χ2v) is 8.44. The van der Waals surface area contributed by atoms with Crippen molar-refractivity contribution in [1.29, 1.82) is 0 Å². The van der Waals surface area contributed by atoms with Crippen LogP contribution in [0.5, 0.6) is 11.5 Å². The molecule has 1 aliphatic rings. The maximum absolute atomic E-state index is 13.3. The van der Waals surface area contributed by atoms with Gasteiger partial charge in [-0.2, -0.15) is 13.2 Å². The van der Waals surface area contributed by atoms with Crippen molar-refractivity contribution in [3.05, 3.63) is 63.3 Å². The highest BCUT2D eigenvalue weighted by molar-refractivity contribution is 6.02. The second-order valence-electron chi connectivity index (χ2n) is 8.44. The summed E-state index contributed by atoms with van der Waals surface area (Å²) in [6.07, 6.45) is -3.32. The lowest BCUT2D eigenvalue weighted by Crippen LogP contribution is -2.56. The molecule has 4 rings (SSSR count). The number of nitrogens with zero attached hydrogens (tertiary/aromatic N) is 2. The molecule has 3 N–H and O–H groups in total. The van der Waals surface area contributed by atoms with Crippen LogP contribution in [-0.4, -0.2) is 51.8 Å². The molecule has 36 heavy (non-hydrogen) atoms. The predicted octanol–water partition coefficient (Wildman–Crippen LogP) is 2.02. The van der Waals surface area contributed by atoms with Crippen molar-refractivity contribution in [3.63, 3.8) is 0 Å². The van der Waals surface area contributed by atoms with E-state index in [0.717, 1.165) is 4.57 Å². The van der Waals surface area contributed by atoms with Crippen molar-refractivity contribution >= 4 is 22.8 Å². The molecule has 0 bridgehead atoms. The molecule has 0 unspecified atom stereocenters. The van der Waals surface area contributed by atoms with E-state index >= 15 is 0 Å². The van der Waals surface area contributed by atoms with Crippen LogP contribution in [0.15, 0.2) is 35.3 Å². The van der Waals surface area contributed by atoms with Gasteiger partial charge in [-0.15, -0.1) is 0 Å². The Kier molecular flexibility index (Phi) is 6.10. The molecular formula is C23H20F4N4O5. The number of aromatic nitrogens is 2. The van der Waals surface area contributed by atoms with Gasteiger partial charge < -0.3 is 20.5 Å². The normalized spacial score (nSPS) is 16.9. The molecule has 2 aromatic heterocycles. The van der Waals surface area contributed by atoms with Crippen molar-refractivity contribution in [2.24, 2.45) is 0 Å². The standard InChI is InChI=1S/C23H20F4N4O5/c1-22(21(35)30-9-23(25,26)27)10-31-16-15(17(32)14(20(31)34)19(33)28-2)29-8-12(18(16)36-22)7-11-3-5-13(24)6-4-11/h3-6,8,32H,7,9-10H2,1-2H3,(H,28,33)(H,30,35)/t22-/m1/s1. The van der Waals surface area contributed by atoms with E-state index in [1.807, 2.05) is 0 Å². The van der Waals surface area contributed by atoms with E-state index in [2.05, 4.69) is 10.3 Å². The van der Waals surface area contributed by atoms with Crippen LogP contribution in [0.1, 0.15) is 28.4 Å². The highest BCUT2D eigenvalue weighted by Crippen LogP contribution is 2.40. The summed E-state index contributed by atoms with van der Waals surface area (Å²) in [6.45, 7) is -0.987. The van der Waals surface area contributed by atoms with Gasteiger partial charge in [0.05, 0.1) is 6.54 Å². The van der Waals surface area contributed by atoms with Crippen molar-refractivity contribution in [2.45, 2.75) is 31.7 Å². The first-order chi connectivity index (χ1) is 16.8. The Morgan fingerprint density at radius 1 is 1.25 bits per heavy atom. The highest BCUT2D eigenvalue weighted by Gasteiger charge is 2.44. The fourth-order valence-corrected chi connectivity index (χ4v) is 3.99. The number of carbonyl (C=O) groups excluding carboxylic acids is 2. The van der Waals surface area contributed by atoms with Crippen molar-refractivity contribution in [2.75, 3.05) is 13.6 Å². The third-order valence-corrected chi connectivity index (χ3v) is 5.75. The van der Waals surface area contributed by atoms with E-state index in [1.54, 1.807) is 5.32 Å². The van der Waals surface area contributed by atoms with Crippen LogP contribution < -0.4 is 20.9 Å². The molecule has 2 amide bonds. The first kappa shape index (κ1) is 24.9. The summed E-state index contributed by atoms with van der Waals surface area (Å²) in [5, 5.41) is 14.7. The van der Waals surface area contributed by atoms with Gasteiger partial charge in [0.25, 0.3) is 17.4 Å². The number of halogens is 4. The quantitative estimate of drug-likeness (QED) is 0.454. The predicted molar refractivity (Wildman–Crippen MR) is 118 cm³/mol. The van der Waals surface area contributed by atoms with Gasteiger partial charge in [0.1, 0.15) is 29.0 Å². The number of aromatic hydroxyl groups is 1. The first-order valence-corrected chi connectivity index (χ1v) is 10.6. The van der Waals surface area contributed by atoms with E-state index in [-0.39, 0.29) is 23.2 Å². The molecule has 1 atom stereocenters. The largest absolute Gasteiger partial charge is 0.505 e. The minimum Gasteiger partial charge on any atom is -0.505 e. The van der Waals surface area contributed by atoms with Crippen LogP contribution in [0.25, 0.3) is 11.0 Å². The SMILES string of the molecule is CNC(=O)c1c(O)c2ncc(Cc3ccc(F)cc3)c3c2n(c1=O)C[C@](C)(C(=O)NCC(F)(F)F)O3. The summed E-state index contributed by atoms with van der Waals surface area (Å²) in [5.41, 5.74) is -2.93. The Hall–Kier alpha value is -4.16. The molecule has 0 aliphatic carbocycles. The smallest absolute Gasteiger partial charge is 0.405 e. The monoisotopic (exact) mass is 508 g/mol. The van der Waals surface area contributed by atoms with Gasteiger partial charge in [0, 0.05) is 25.2 Å². The number of pyridine rings is 2. The van der Waals surface area contributed by atoms with Gasteiger partial charge in [-0.1, -0.05) is 12.1 Å². The van der Waals surface area contributed by atoms with E-state index in [4.69, 9.17) is 4.74 Å².